The highest BCUT2D eigenvalue weighted by Crippen LogP contribution is 2.10. The van der Waals surface area contributed by atoms with E-state index in [0.29, 0.717) is 17.5 Å². The second kappa shape index (κ2) is 5.44. The van der Waals surface area contributed by atoms with Crippen LogP contribution in [0.25, 0.3) is 0 Å². The Morgan fingerprint density at radius 2 is 1.94 bits per heavy atom. The molecule has 1 heterocycles. The number of hydrazone groups is 1. The quantitative estimate of drug-likeness (QED) is 0.796. The van der Waals surface area contributed by atoms with Gasteiger partial charge >= 0.3 is 0 Å². The van der Waals surface area contributed by atoms with Crippen molar-refractivity contribution in [3.8, 4) is 0 Å². The zero-order valence-corrected chi connectivity index (χ0v) is 10.6. The zero-order chi connectivity index (χ0) is 13.0. The summed E-state index contributed by atoms with van der Waals surface area (Å²) >= 11 is 0. The van der Waals surface area contributed by atoms with Gasteiger partial charge in [-0.15, -0.1) is 5.10 Å². The number of nitrogens with zero attached hydrogens (tertiary/aromatic N) is 3. The number of para-hydroxylation sites is 1. The number of hydrogen-bond donors (Lipinski definition) is 2. The van der Waals surface area contributed by atoms with Crippen molar-refractivity contribution in [1.29, 1.82) is 0 Å². The van der Waals surface area contributed by atoms with Crippen LogP contribution < -0.4 is 11.2 Å². The van der Waals surface area contributed by atoms with Crippen molar-refractivity contribution < 1.29 is 0 Å². The van der Waals surface area contributed by atoms with E-state index < -0.39 is 0 Å². The van der Waals surface area contributed by atoms with Crippen LogP contribution in [0.5, 0.6) is 0 Å². The molecular formula is C13H17N5. The lowest BCUT2D eigenvalue weighted by molar-refractivity contribution is 0.686. The molecule has 1 aliphatic rings. The molecule has 18 heavy (non-hydrogen) atoms. The van der Waals surface area contributed by atoms with Crippen LogP contribution >= 0.6 is 0 Å². The topological polar surface area (TPSA) is 75.1 Å². The molecule has 0 aromatic heterocycles. The highest BCUT2D eigenvalue weighted by Gasteiger charge is 2.20. The van der Waals surface area contributed by atoms with Crippen LogP contribution in [-0.4, -0.2) is 17.3 Å². The van der Waals surface area contributed by atoms with Gasteiger partial charge in [-0.25, -0.2) is 0 Å². The molecule has 0 aliphatic carbocycles. The number of hydrogen-bond acceptors (Lipinski definition) is 5. The van der Waals surface area contributed by atoms with E-state index in [2.05, 4.69) is 34.6 Å². The van der Waals surface area contributed by atoms with Crippen LogP contribution in [0.1, 0.15) is 20.3 Å². The minimum absolute atomic E-state index is 0.370. The molecule has 0 amide bonds. The van der Waals surface area contributed by atoms with Gasteiger partial charge in [0.05, 0.1) is 11.4 Å². The highest BCUT2D eigenvalue weighted by molar-refractivity contribution is 6.69. The molecule has 3 N–H and O–H groups in total. The lowest BCUT2D eigenvalue weighted by atomic mass is 10.0. The summed E-state index contributed by atoms with van der Waals surface area (Å²) in [5.74, 6) is 0.862. The molecule has 0 saturated carbocycles. The minimum atomic E-state index is 0.370. The molecule has 0 fully saturated rings. The molecule has 2 rings (SSSR count). The Hall–Kier alpha value is -2.17. The van der Waals surface area contributed by atoms with Crippen molar-refractivity contribution >= 4 is 22.9 Å². The summed E-state index contributed by atoms with van der Waals surface area (Å²) in [6.45, 7) is 4.25. The van der Waals surface area contributed by atoms with Crippen molar-refractivity contribution in [2.24, 2.45) is 27.0 Å². The first-order chi connectivity index (χ1) is 8.66. The Morgan fingerprint density at radius 1 is 1.22 bits per heavy atom. The number of anilines is 1. The molecule has 0 unspecified atom stereocenters. The predicted octanol–water partition coefficient (Wildman–Crippen LogP) is 2.23. The van der Waals surface area contributed by atoms with Crippen molar-refractivity contribution in [2.75, 3.05) is 5.43 Å². The summed E-state index contributed by atoms with van der Waals surface area (Å²) in [5.41, 5.74) is 11.1. The molecule has 5 nitrogen and oxygen atoms in total. The fourth-order valence-electron chi connectivity index (χ4n) is 1.64. The van der Waals surface area contributed by atoms with Gasteiger partial charge in [0.2, 0.25) is 0 Å². The van der Waals surface area contributed by atoms with Gasteiger partial charge in [-0.05, 0) is 24.5 Å². The maximum atomic E-state index is 5.77. The first-order valence-corrected chi connectivity index (χ1v) is 5.96. The smallest absolute Gasteiger partial charge is 0.175 e. The number of nitrogens with two attached hydrogens (primary N) is 1. The molecule has 0 radical (unpaired) electrons. The Labute approximate surface area is 106 Å². The standard InChI is InChI=1S/C13H17N5/c1-9(2)8-11-12(13(14)18-16-11)17-15-10-6-4-3-5-7-10/h3-7,9,15H,8H2,1-2H3,(H2,14,17,18). The van der Waals surface area contributed by atoms with Crippen LogP contribution in [0, 0.1) is 5.92 Å². The first kappa shape index (κ1) is 12.3. The van der Waals surface area contributed by atoms with E-state index in [-0.39, 0.29) is 0 Å². The van der Waals surface area contributed by atoms with Gasteiger partial charge < -0.3 is 5.73 Å². The van der Waals surface area contributed by atoms with Crippen LogP contribution in [0.3, 0.4) is 0 Å². The monoisotopic (exact) mass is 243 g/mol. The Balaban J connectivity index is 2.10. The van der Waals surface area contributed by atoms with E-state index in [1.807, 2.05) is 30.3 Å². The van der Waals surface area contributed by atoms with Crippen molar-refractivity contribution in [2.45, 2.75) is 20.3 Å². The van der Waals surface area contributed by atoms with Crippen LogP contribution in [0.2, 0.25) is 0 Å². The minimum Gasteiger partial charge on any atom is -0.380 e. The molecule has 0 saturated heterocycles. The van der Waals surface area contributed by atoms with Gasteiger partial charge in [0, 0.05) is 0 Å². The van der Waals surface area contributed by atoms with Crippen LogP contribution in [0.15, 0.2) is 45.6 Å². The molecule has 1 aromatic carbocycles. The Bertz CT molecular complexity index is 499. The summed E-state index contributed by atoms with van der Waals surface area (Å²) in [4.78, 5) is 0. The van der Waals surface area contributed by atoms with E-state index in [0.717, 1.165) is 17.8 Å². The summed E-state index contributed by atoms with van der Waals surface area (Å²) < 4.78 is 0. The van der Waals surface area contributed by atoms with Gasteiger partial charge in [-0.3, -0.25) is 5.43 Å². The molecule has 0 bridgehead atoms. The number of benzene rings is 1. The third-order valence-electron chi connectivity index (χ3n) is 2.47. The maximum absolute atomic E-state index is 5.77. The Kier molecular flexibility index (Phi) is 3.72. The van der Waals surface area contributed by atoms with E-state index in [1.54, 1.807) is 0 Å². The summed E-state index contributed by atoms with van der Waals surface area (Å²) in [6, 6.07) is 9.71. The van der Waals surface area contributed by atoms with E-state index in [9.17, 15) is 0 Å². The molecule has 1 aliphatic heterocycles. The SMILES string of the molecule is CC(C)CC1=NN=C(N)/C1=N/Nc1ccccc1. The van der Waals surface area contributed by atoms with E-state index in [4.69, 9.17) is 5.73 Å². The fourth-order valence-corrected chi connectivity index (χ4v) is 1.64. The first-order valence-electron chi connectivity index (χ1n) is 5.96. The van der Waals surface area contributed by atoms with Gasteiger partial charge in [0.25, 0.3) is 0 Å². The normalized spacial score (nSPS) is 16.9. The van der Waals surface area contributed by atoms with Crippen molar-refractivity contribution in [1.82, 2.24) is 0 Å². The molecule has 94 valence electrons. The van der Waals surface area contributed by atoms with Gasteiger partial charge in [0.1, 0.15) is 0 Å². The third-order valence-corrected chi connectivity index (χ3v) is 2.47. The predicted molar refractivity (Wildman–Crippen MR) is 76.0 cm³/mol. The lowest BCUT2D eigenvalue weighted by Crippen LogP contribution is -2.28. The average molecular weight is 243 g/mol. The maximum Gasteiger partial charge on any atom is 0.175 e. The fraction of sp³-hybridized carbons (Fsp3) is 0.308. The Morgan fingerprint density at radius 3 is 2.61 bits per heavy atom. The number of rotatable bonds is 4. The van der Waals surface area contributed by atoms with E-state index >= 15 is 0 Å². The van der Waals surface area contributed by atoms with Gasteiger partial charge in [0.15, 0.2) is 11.5 Å². The summed E-state index contributed by atoms with van der Waals surface area (Å²) in [7, 11) is 0. The number of amidine groups is 1. The van der Waals surface area contributed by atoms with Crippen molar-refractivity contribution in [3.63, 3.8) is 0 Å². The molecule has 5 heteroatoms. The second-order valence-electron chi connectivity index (χ2n) is 4.57. The molecular weight excluding hydrogens is 226 g/mol. The van der Waals surface area contributed by atoms with Crippen LogP contribution in [0.4, 0.5) is 5.69 Å². The second-order valence-corrected chi connectivity index (χ2v) is 4.57. The van der Waals surface area contributed by atoms with Crippen molar-refractivity contribution in [3.05, 3.63) is 30.3 Å². The molecule has 1 aromatic rings. The summed E-state index contributed by atoms with van der Waals surface area (Å²) in [5, 5.41) is 12.2. The zero-order valence-electron chi connectivity index (χ0n) is 10.6. The third kappa shape index (κ3) is 2.94. The average Bonchev–Trinajstić information content (AvgIpc) is 2.68. The molecule has 0 atom stereocenters. The largest absolute Gasteiger partial charge is 0.380 e. The summed E-state index contributed by atoms with van der Waals surface area (Å²) in [6.07, 6.45) is 0.819. The van der Waals surface area contributed by atoms with E-state index in [1.165, 1.54) is 0 Å². The molecule has 0 spiro atoms. The van der Waals surface area contributed by atoms with Gasteiger partial charge in [-0.1, -0.05) is 32.0 Å². The van der Waals surface area contributed by atoms with Crippen LogP contribution in [-0.2, 0) is 0 Å². The number of nitrogens with one attached hydrogen (secondary N) is 1. The van der Waals surface area contributed by atoms with Gasteiger partial charge in [-0.2, -0.15) is 10.2 Å². The highest BCUT2D eigenvalue weighted by atomic mass is 15.3. The lowest BCUT2D eigenvalue weighted by Gasteiger charge is -2.06.